The number of carbonyl (C=O) groups is 1. The van der Waals surface area contributed by atoms with E-state index in [0.717, 1.165) is 12.3 Å². The molecule has 0 bridgehead atoms. The molecule has 3 nitrogen and oxygen atoms in total. The van der Waals surface area contributed by atoms with Crippen LogP contribution in [-0.4, -0.2) is 36.5 Å². The molecule has 0 radical (unpaired) electrons. The number of carbonyl (C=O) groups excluding carboxylic acids is 1. The van der Waals surface area contributed by atoms with Crippen LogP contribution in [0, 0.1) is 5.92 Å². The summed E-state index contributed by atoms with van der Waals surface area (Å²) in [4.78, 5) is 13.5. The minimum absolute atomic E-state index is 0.172. The van der Waals surface area contributed by atoms with Crippen LogP contribution in [0.1, 0.15) is 47.5 Å². The third-order valence-electron chi connectivity index (χ3n) is 3.22. The summed E-state index contributed by atoms with van der Waals surface area (Å²) in [7, 11) is 1.86. The lowest BCUT2D eigenvalue weighted by atomic mass is 10.0. The number of likely N-dealkylation sites (N-methyl/N-ethyl adjacent to an activating group) is 1. The molecule has 0 spiro atoms. The van der Waals surface area contributed by atoms with Crippen LogP contribution in [0.2, 0.25) is 0 Å². The van der Waals surface area contributed by atoms with Gasteiger partial charge < -0.3 is 10.2 Å². The normalized spacial score (nSPS) is 14.9. The first-order chi connectivity index (χ1) is 7.38. The zero-order valence-electron chi connectivity index (χ0n) is 11.7. The number of rotatable bonds is 7. The van der Waals surface area contributed by atoms with Crippen LogP contribution >= 0.6 is 0 Å². The Hall–Kier alpha value is -0.570. The van der Waals surface area contributed by atoms with Crippen LogP contribution in [0.5, 0.6) is 0 Å². The number of amides is 1. The van der Waals surface area contributed by atoms with Gasteiger partial charge in [-0.25, -0.2) is 0 Å². The third kappa shape index (κ3) is 6.11. The van der Waals surface area contributed by atoms with Crippen LogP contribution in [0.25, 0.3) is 0 Å². The van der Waals surface area contributed by atoms with Crippen LogP contribution in [0.3, 0.4) is 0 Å². The molecule has 3 heteroatoms. The van der Waals surface area contributed by atoms with Crippen LogP contribution < -0.4 is 5.32 Å². The summed E-state index contributed by atoms with van der Waals surface area (Å²) >= 11 is 0. The molecule has 0 aliphatic carbocycles. The molecule has 0 fully saturated rings. The number of hydrogen-bond donors (Lipinski definition) is 1. The molecule has 0 aromatic heterocycles. The SMILES string of the molecule is CCC(C)CC(C)NCC(=O)N(C)C(C)C. The summed E-state index contributed by atoms with van der Waals surface area (Å²) in [5, 5.41) is 3.29. The van der Waals surface area contributed by atoms with Gasteiger partial charge in [-0.1, -0.05) is 20.3 Å². The van der Waals surface area contributed by atoms with E-state index in [2.05, 4.69) is 26.1 Å². The van der Waals surface area contributed by atoms with Gasteiger partial charge in [0.25, 0.3) is 0 Å². The van der Waals surface area contributed by atoms with Gasteiger partial charge >= 0.3 is 0 Å². The van der Waals surface area contributed by atoms with Crippen molar-refractivity contribution in [2.75, 3.05) is 13.6 Å². The second-order valence-electron chi connectivity index (χ2n) is 5.13. The maximum Gasteiger partial charge on any atom is 0.236 e. The van der Waals surface area contributed by atoms with Crippen LogP contribution in [0.4, 0.5) is 0 Å². The fourth-order valence-corrected chi connectivity index (χ4v) is 1.53. The van der Waals surface area contributed by atoms with Crippen molar-refractivity contribution >= 4 is 5.91 Å². The minimum Gasteiger partial charge on any atom is -0.342 e. The average Bonchev–Trinajstić information content (AvgIpc) is 2.24. The second kappa shape index (κ2) is 7.66. The van der Waals surface area contributed by atoms with Gasteiger partial charge in [0.1, 0.15) is 0 Å². The molecule has 2 unspecified atom stereocenters. The molecule has 0 rings (SSSR count). The maximum absolute atomic E-state index is 11.7. The number of nitrogens with one attached hydrogen (secondary N) is 1. The molecule has 0 saturated carbocycles. The van der Waals surface area contributed by atoms with Crippen molar-refractivity contribution in [3.8, 4) is 0 Å². The molecule has 0 aliphatic rings. The topological polar surface area (TPSA) is 32.3 Å². The Balaban J connectivity index is 3.83. The van der Waals surface area contributed by atoms with Gasteiger partial charge in [-0.15, -0.1) is 0 Å². The Morgan fingerprint density at radius 3 is 2.25 bits per heavy atom. The first-order valence-electron chi connectivity index (χ1n) is 6.37. The lowest BCUT2D eigenvalue weighted by Gasteiger charge is -2.23. The summed E-state index contributed by atoms with van der Waals surface area (Å²) in [6, 6.07) is 0.693. The maximum atomic E-state index is 11.7. The van der Waals surface area contributed by atoms with E-state index in [1.54, 1.807) is 4.90 Å². The predicted molar refractivity (Wildman–Crippen MR) is 69.4 cm³/mol. The van der Waals surface area contributed by atoms with Gasteiger partial charge in [-0.05, 0) is 33.1 Å². The highest BCUT2D eigenvalue weighted by Crippen LogP contribution is 2.09. The monoisotopic (exact) mass is 228 g/mol. The largest absolute Gasteiger partial charge is 0.342 e. The van der Waals surface area contributed by atoms with Crippen molar-refractivity contribution in [3.63, 3.8) is 0 Å². The van der Waals surface area contributed by atoms with E-state index in [0.29, 0.717) is 12.6 Å². The Morgan fingerprint density at radius 2 is 1.81 bits per heavy atom. The van der Waals surface area contributed by atoms with Crippen molar-refractivity contribution in [2.24, 2.45) is 5.92 Å². The highest BCUT2D eigenvalue weighted by atomic mass is 16.2. The van der Waals surface area contributed by atoms with Crippen molar-refractivity contribution in [1.29, 1.82) is 0 Å². The van der Waals surface area contributed by atoms with E-state index < -0.39 is 0 Å². The highest BCUT2D eigenvalue weighted by molar-refractivity contribution is 5.78. The van der Waals surface area contributed by atoms with Crippen molar-refractivity contribution < 1.29 is 4.79 Å². The molecule has 16 heavy (non-hydrogen) atoms. The van der Waals surface area contributed by atoms with Crippen LogP contribution in [-0.2, 0) is 4.79 Å². The molecular weight excluding hydrogens is 200 g/mol. The smallest absolute Gasteiger partial charge is 0.236 e. The Bertz CT molecular complexity index is 204. The standard InChI is InChI=1S/C13H28N2O/c1-7-11(4)8-12(5)14-9-13(16)15(6)10(2)3/h10-12,14H,7-9H2,1-6H3. The summed E-state index contributed by atoms with van der Waals surface area (Å²) in [5.41, 5.74) is 0. The van der Waals surface area contributed by atoms with Gasteiger partial charge in [-0.3, -0.25) is 4.79 Å². The van der Waals surface area contributed by atoms with Gasteiger partial charge in [0.2, 0.25) is 5.91 Å². The summed E-state index contributed by atoms with van der Waals surface area (Å²) in [5.74, 6) is 0.895. The number of nitrogens with zero attached hydrogens (tertiary/aromatic N) is 1. The summed E-state index contributed by atoms with van der Waals surface area (Å²) in [6.45, 7) is 11.1. The van der Waals surface area contributed by atoms with Crippen LogP contribution in [0.15, 0.2) is 0 Å². The Kier molecular flexibility index (Phi) is 7.39. The Labute approximate surface area is 101 Å². The molecule has 1 amide bonds. The fourth-order valence-electron chi connectivity index (χ4n) is 1.53. The third-order valence-corrected chi connectivity index (χ3v) is 3.22. The predicted octanol–water partition coefficient (Wildman–Crippen LogP) is 2.27. The molecule has 0 aromatic rings. The molecule has 0 saturated heterocycles. The van der Waals surface area contributed by atoms with Gasteiger partial charge in [0.05, 0.1) is 6.54 Å². The molecule has 1 N–H and O–H groups in total. The van der Waals surface area contributed by atoms with E-state index >= 15 is 0 Å². The molecule has 2 atom stereocenters. The summed E-state index contributed by atoms with van der Waals surface area (Å²) in [6.07, 6.45) is 2.33. The minimum atomic E-state index is 0.172. The highest BCUT2D eigenvalue weighted by Gasteiger charge is 2.13. The molecule has 0 aromatic carbocycles. The zero-order valence-corrected chi connectivity index (χ0v) is 11.7. The van der Waals surface area contributed by atoms with E-state index in [-0.39, 0.29) is 11.9 Å². The molecule has 0 heterocycles. The Morgan fingerprint density at radius 1 is 1.25 bits per heavy atom. The van der Waals surface area contributed by atoms with Gasteiger partial charge in [0, 0.05) is 19.1 Å². The molecule has 0 aliphatic heterocycles. The first kappa shape index (κ1) is 15.4. The van der Waals surface area contributed by atoms with Gasteiger partial charge in [-0.2, -0.15) is 0 Å². The lowest BCUT2D eigenvalue weighted by Crippen LogP contribution is -2.42. The summed E-state index contributed by atoms with van der Waals surface area (Å²) < 4.78 is 0. The fraction of sp³-hybridized carbons (Fsp3) is 0.923. The van der Waals surface area contributed by atoms with E-state index in [4.69, 9.17) is 0 Å². The first-order valence-corrected chi connectivity index (χ1v) is 6.37. The van der Waals surface area contributed by atoms with E-state index in [9.17, 15) is 4.79 Å². The van der Waals surface area contributed by atoms with Crippen molar-refractivity contribution in [3.05, 3.63) is 0 Å². The average molecular weight is 228 g/mol. The quantitative estimate of drug-likeness (QED) is 0.725. The second-order valence-corrected chi connectivity index (χ2v) is 5.13. The van der Waals surface area contributed by atoms with Crippen molar-refractivity contribution in [2.45, 2.75) is 59.5 Å². The lowest BCUT2D eigenvalue weighted by molar-refractivity contribution is -0.130. The zero-order chi connectivity index (χ0) is 12.7. The molecule has 96 valence electrons. The number of hydrogen-bond acceptors (Lipinski definition) is 2. The molecular formula is C13H28N2O. The van der Waals surface area contributed by atoms with Crippen molar-refractivity contribution in [1.82, 2.24) is 10.2 Å². The van der Waals surface area contributed by atoms with Gasteiger partial charge in [0.15, 0.2) is 0 Å². The van der Waals surface area contributed by atoms with E-state index in [1.165, 1.54) is 6.42 Å². The van der Waals surface area contributed by atoms with E-state index in [1.807, 2.05) is 20.9 Å².